The molecule has 202 valence electrons. The predicted molar refractivity (Wildman–Crippen MR) is 142 cm³/mol. The molecule has 0 radical (unpaired) electrons. The van der Waals surface area contributed by atoms with Crippen LogP contribution in [0.25, 0.3) is 0 Å². The van der Waals surface area contributed by atoms with Crippen LogP contribution in [0.2, 0.25) is 36.3 Å². The molecule has 0 bridgehead atoms. The fraction of sp³-hybridized carbons (Fsp3) is 0.885. The summed E-state index contributed by atoms with van der Waals surface area (Å²) in [5, 5.41) is 10.7. The van der Waals surface area contributed by atoms with Gasteiger partial charge < -0.3 is 28.2 Å². The van der Waals surface area contributed by atoms with Crippen molar-refractivity contribution in [2.24, 2.45) is 0 Å². The molecule has 9 heteroatoms. The number of aliphatic hydroxyl groups is 1. The Balaban J connectivity index is 2.54. The van der Waals surface area contributed by atoms with Crippen LogP contribution in [-0.4, -0.2) is 77.5 Å². The van der Waals surface area contributed by atoms with E-state index in [0.717, 1.165) is 0 Å². The number of carbonyl (C=O) groups is 1. The van der Waals surface area contributed by atoms with Gasteiger partial charge in [-0.05, 0) is 49.1 Å². The Bertz CT molecular complexity index is 778. The maximum absolute atomic E-state index is 12.0. The van der Waals surface area contributed by atoms with Gasteiger partial charge in [0.05, 0.1) is 25.7 Å². The second kappa shape index (κ2) is 10.9. The van der Waals surface area contributed by atoms with Gasteiger partial charge in [-0.1, -0.05) is 47.5 Å². The minimum atomic E-state index is -2.32. The molecule has 0 amide bonds. The van der Waals surface area contributed by atoms with Gasteiger partial charge in [0.25, 0.3) is 0 Å². The molecule has 0 aromatic carbocycles. The number of aliphatic hydroxyl groups excluding tert-OH is 1. The lowest BCUT2D eigenvalue weighted by Crippen LogP contribution is -2.68. The highest BCUT2D eigenvalue weighted by atomic mass is 28.4. The van der Waals surface area contributed by atoms with E-state index in [9.17, 15) is 9.90 Å². The summed E-state index contributed by atoms with van der Waals surface area (Å²) < 4.78 is 31.7. The van der Waals surface area contributed by atoms with Crippen LogP contribution >= 0.6 is 0 Å². The molecule has 0 aromatic heterocycles. The Kier molecular flexibility index (Phi) is 9.53. The summed E-state index contributed by atoms with van der Waals surface area (Å²) in [5.41, 5.74) is 0. The second-order valence-corrected chi connectivity index (χ2v) is 22.5. The number of hydrogen-bond acceptors (Lipinski definition) is 7. The summed E-state index contributed by atoms with van der Waals surface area (Å²) in [6.45, 7) is 21.8. The van der Waals surface area contributed by atoms with Crippen molar-refractivity contribution in [1.82, 2.24) is 0 Å². The molecule has 2 rings (SSSR count). The third-order valence-electron chi connectivity index (χ3n) is 8.37. The molecule has 2 aliphatic heterocycles. The van der Waals surface area contributed by atoms with Crippen molar-refractivity contribution in [1.29, 1.82) is 0 Å². The van der Waals surface area contributed by atoms with Gasteiger partial charge in [0.1, 0.15) is 30.5 Å². The van der Waals surface area contributed by atoms with Crippen molar-refractivity contribution in [3.05, 3.63) is 0 Å². The van der Waals surface area contributed by atoms with Crippen LogP contribution in [0.5, 0.6) is 0 Å². The molecule has 0 unspecified atom stereocenters. The second-order valence-electron chi connectivity index (χ2n) is 13.0. The van der Waals surface area contributed by atoms with E-state index < -0.39 is 47.2 Å². The molecule has 2 fully saturated rings. The Morgan fingerprint density at radius 3 is 1.97 bits per heavy atom. The van der Waals surface area contributed by atoms with Gasteiger partial charge in [0, 0.05) is 0 Å². The average molecular weight is 529 g/mol. The van der Waals surface area contributed by atoms with E-state index >= 15 is 0 Å². The molecule has 0 aliphatic carbocycles. The van der Waals surface area contributed by atoms with Crippen molar-refractivity contribution >= 4 is 22.6 Å². The molecule has 7 nitrogen and oxygen atoms in total. The standard InChI is InChI=1S/C26H48O7Si2/c1-13-18(27)21-23(32-34(9,10)25(2,3)4)24(33-35(11,12)26(5,6)7)22-19(31-21)15-14-17(30-22)16-20(28)29-8/h1,17-19,21-24,27H,14-16H2,2-12H3/t17-,18+,19+,21+,22+,23-,24+/m1/s1. The number of hydrogen-bond donors (Lipinski definition) is 1. The summed E-state index contributed by atoms with van der Waals surface area (Å²) in [4.78, 5) is 12.0. The number of carbonyl (C=O) groups excluding carboxylic acids is 1. The quantitative estimate of drug-likeness (QED) is 0.293. The third kappa shape index (κ3) is 6.98. The zero-order valence-corrected chi connectivity index (χ0v) is 25.6. The lowest BCUT2D eigenvalue weighted by atomic mass is 9.87. The van der Waals surface area contributed by atoms with Crippen LogP contribution in [0.4, 0.5) is 0 Å². The molecule has 35 heavy (non-hydrogen) atoms. The fourth-order valence-electron chi connectivity index (χ4n) is 4.05. The van der Waals surface area contributed by atoms with Crippen LogP contribution in [0.1, 0.15) is 60.8 Å². The highest BCUT2D eigenvalue weighted by Crippen LogP contribution is 2.45. The Morgan fingerprint density at radius 1 is 1.00 bits per heavy atom. The maximum atomic E-state index is 12.0. The lowest BCUT2D eigenvalue weighted by Gasteiger charge is -2.55. The molecule has 2 saturated heterocycles. The normalized spacial score (nSPS) is 31.3. The summed E-state index contributed by atoms with van der Waals surface area (Å²) >= 11 is 0. The Morgan fingerprint density at radius 2 is 1.51 bits per heavy atom. The van der Waals surface area contributed by atoms with E-state index in [1.807, 2.05) is 0 Å². The van der Waals surface area contributed by atoms with Crippen LogP contribution in [0, 0.1) is 12.3 Å². The Labute approximate surface area is 214 Å². The number of methoxy groups -OCH3 is 1. The van der Waals surface area contributed by atoms with Gasteiger partial charge >= 0.3 is 5.97 Å². The molecule has 2 aliphatic rings. The van der Waals surface area contributed by atoms with Gasteiger partial charge in [0.2, 0.25) is 0 Å². The van der Waals surface area contributed by atoms with E-state index in [2.05, 4.69) is 73.7 Å². The first-order chi connectivity index (χ1) is 15.8. The molecule has 2 heterocycles. The summed E-state index contributed by atoms with van der Waals surface area (Å²) in [7, 11) is -3.22. The molecule has 0 aromatic rings. The first-order valence-electron chi connectivity index (χ1n) is 12.7. The molecule has 1 N–H and O–H groups in total. The summed E-state index contributed by atoms with van der Waals surface area (Å²) in [5.74, 6) is 2.16. The zero-order valence-electron chi connectivity index (χ0n) is 23.6. The number of esters is 1. The van der Waals surface area contributed by atoms with E-state index in [-0.39, 0.29) is 34.7 Å². The van der Waals surface area contributed by atoms with E-state index in [1.54, 1.807) is 0 Å². The zero-order chi connectivity index (χ0) is 27.0. The van der Waals surface area contributed by atoms with Crippen molar-refractivity contribution in [2.45, 2.75) is 140 Å². The molecular weight excluding hydrogens is 480 g/mol. The van der Waals surface area contributed by atoms with Crippen molar-refractivity contribution in [2.75, 3.05) is 7.11 Å². The van der Waals surface area contributed by atoms with Gasteiger partial charge in [-0.25, -0.2) is 0 Å². The van der Waals surface area contributed by atoms with Crippen molar-refractivity contribution < 1.29 is 33.0 Å². The third-order valence-corrected chi connectivity index (χ3v) is 17.3. The molecule has 7 atom stereocenters. The van der Waals surface area contributed by atoms with Crippen LogP contribution in [-0.2, 0) is 27.9 Å². The van der Waals surface area contributed by atoms with Gasteiger partial charge in [0.15, 0.2) is 16.6 Å². The first kappa shape index (κ1) is 30.5. The molecule has 0 spiro atoms. The van der Waals surface area contributed by atoms with Crippen LogP contribution < -0.4 is 0 Å². The topological polar surface area (TPSA) is 83.5 Å². The number of ether oxygens (including phenoxy) is 3. The van der Waals surface area contributed by atoms with Gasteiger partial charge in [-0.3, -0.25) is 4.79 Å². The maximum Gasteiger partial charge on any atom is 0.308 e. The van der Waals surface area contributed by atoms with Gasteiger partial charge in [-0.15, -0.1) is 6.42 Å². The number of rotatable bonds is 7. The van der Waals surface area contributed by atoms with E-state index in [0.29, 0.717) is 12.8 Å². The largest absolute Gasteiger partial charge is 0.469 e. The van der Waals surface area contributed by atoms with Gasteiger partial charge in [-0.2, -0.15) is 0 Å². The minimum Gasteiger partial charge on any atom is -0.469 e. The highest BCUT2D eigenvalue weighted by molar-refractivity contribution is 6.74. The number of fused-ring (bicyclic) bond motifs is 1. The minimum absolute atomic E-state index is 0.0529. The van der Waals surface area contributed by atoms with Crippen molar-refractivity contribution in [3.8, 4) is 12.3 Å². The SMILES string of the molecule is C#C[C@H](O)[C@@H]1O[C@H]2CC[C@H](CC(=O)OC)O[C@@H]2[C@H](O[Si](C)(C)C(C)(C)C)[C@@H]1O[Si](C)(C)C(C)(C)C. The lowest BCUT2D eigenvalue weighted by molar-refractivity contribution is -0.267. The van der Waals surface area contributed by atoms with Crippen molar-refractivity contribution in [3.63, 3.8) is 0 Å². The highest BCUT2D eigenvalue weighted by Gasteiger charge is 2.56. The molecular formula is C26H48O7Si2. The summed E-state index contributed by atoms with van der Waals surface area (Å²) in [6.07, 6.45) is 3.17. The smallest absolute Gasteiger partial charge is 0.308 e. The fourth-order valence-corrected chi connectivity index (χ4v) is 6.65. The number of terminal acetylenes is 1. The van der Waals surface area contributed by atoms with E-state index in [4.69, 9.17) is 29.5 Å². The van der Waals surface area contributed by atoms with Crippen LogP contribution in [0.15, 0.2) is 0 Å². The summed E-state index contributed by atoms with van der Waals surface area (Å²) in [6, 6.07) is 0. The first-order valence-corrected chi connectivity index (χ1v) is 18.5. The van der Waals surface area contributed by atoms with Crippen LogP contribution in [0.3, 0.4) is 0 Å². The molecule has 0 saturated carbocycles. The Hall–Kier alpha value is -0.736. The monoisotopic (exact) mass is 528 g/mol. The predicted octanol–water partition coefficient (Wildman–Crippen LogP) is 4.64. The average Bonchev–Trinajstić information content (AvgIpc) is 2.72. The van der Waals surface area contributed by atoms with E-state index in [1.165, 1.54) is 7.11 Å².